The number of amides is 1. The van der Waals surface area contributed by atoms with E-state index in [0.717, 1.165) is 5.56 Å². The number of Topliss-reactive ketones (excluding diaryl/α,β-unsaturated/α-hetero) is 1. The average Bonchev–Trinajstić information content (AvgIpc) is 2.92. The SMILES string of the molecule is CC(=O)N[C@@]12C(=O)C3=C(C=[C+]C=C3N)[C@]1(O)Oc1cc(C(C)C)ccc12. The molecule has 1 heterocycles. The maximum Gasteiger partial charge on any atom is 0.319 e. The number of benzene rings is 1. The Morgan fingerprint density at radius 2 is 2.12 bits per heavy atom. The van der Waals surface area contributed by atoms with Crippen LogP contribution < -0.4 is 15.8 Å². The zero-order valence-electron chi connectivity index (χ0n) is 14.7. The Morgan fingerprint density at radius 1 is 1.38 bits per heavy atom. The van der Waals surface area contributed by atoms with Crippen LogP contribution in [0.5, 0.6) is 5.75 Å². The first-order chi connectivity index (χ1) is 12.2. The van der Waals surface area contributed by atoms with Gasteiger partial charge in [-0.25, -0.2) is 0 Å². The summed E-state index contributed by atoms with van der Waals surface area (Å²) in [5.74, 6) is -2.42. The molecule has 6 nitrogen and oxygen atoms in total. The van der Waals surface area contributed by atoms with Crippen molar-refractivity contribution in [1.82, 2.24) is 5.32 Å². The first kappa shape index (κ1) is 16.5. The number of nitrogens with two attached hydrogens (primary N) is 1. The lowest BCUT2D eigenvalue weighted by molar-refractivity contribution is -0.161. The van der Waals surface area contributed by atoms with Gasteiger partial charge >= 0.3 is 5.79 Å². The highest BCUT2D eigenvalue weighted by atomic mass is 16.6. The molecular formula is C20H19N2O4+. The minimum Gasteiger partial charge on any atom is -0.444 e. The Balaban J connectivity index is 2.00. The molecule has 1 amide bonds. The van der Waals surface area contributed by atoms with Crippen LogP contribution in [-0.2, 0) is 15.1 Å². The van der Waals surface area contributed by atoms with E-state index in [1.54, 1.807) is 12.1 Å². The number of hydrogen-bond donors (Lipinski definition) is 3. The normalized spacial score (nSPS) is 28.2. The second kappa shape index (κ2) is 5.04. The molecule has 26 heavy (non-hydrogen) atoms. The fourth-order valence-corrected chi connectivity index (χ4v) is 3.94. The predicted octanol–water partition coefficient (Wildman–Crippen LogP) is 1.32. The van der Waals surface area contributed by atoms with Crippen LogP contribution in [0, 0.1) is 6.08 Å². The van der Waals surface area contributed by atoms with E-state index in [1.807, 2.05) is 19.9 Å². The van der Waals surface area contributed by atoms with Crippen molar-refractivity contribution in [2.75, 3.05) is 0 Å². The van der Waals surface area contributed by atoms with E-state index in [-0.39, 0.29) is 22.8 Å². The van der Waals surface area contributed by atoms with Gasteiger partial charge in [0, 0.05) is 18.6 Å². The van der Waals surface area contributed by atoms with Crippen LogP contribution in [0.2, 0.25) is 0 Å². The van der Waals surface area contributed by atoms with E-state index < -0.39 is 23.0 Å². The van der Waals surface area contributed by atoms with Gasteiger partial charge in [-0.15, -0.1) is 0 Å². The molecule has 0 radical (unpaired) electrons. The highest BCUT2D eigenvalue weighted by Crippen LogP contribution is 2.57. The van der Waals surface area contributed by atoms with E-state index in [2.05, 4.69) is 11.4 Å². The Labute approximate surface area is 151 Å². The van der Waals surface area contributed by atoms with Crippen LogP contribution in [0.25, 0.3) is 0 Å². The summed E-state index contributed by atoms with van der Waals surface area (Å²) in [7, 11) is 0. The van der Waals surface area contributed by atoms with Crippen molar-refractivity contribution in [2.24, 2.45) is 5.73 Å². The molecule has 0 fully saturated rings. The van der Waals surface area contributed by atoms with Crippen LogP contribution in [-0.4, -0.2) is 22.6 Å². The van der Waals surface area contributed by atoms with E-state index in [4.69, 9.17) is 10.5 Å². The van der Waals surface area contributed by atoms with Crippen LogP contribution in [0.1, 0.15) is 37.8 Å². The summed E-state index contributed by atoms with van der Waals surface area (Å²) in [6.45, 7) is 5.36. The maximum atomic E-state index is 13.4. The molecule has 0 saturated heterocycles. The molecule has 0 saturated carbocycles. The van der Waals surface area contributed by atoms with Gasteiger partial charge in [0.15, 0.2) is 16.8 Å². The van der Waals surface area contributed by atoms with Gasteiger partial charge in [-0.1, -0.05) is 26.0 Å². The summed E-state index contributed by atoms with van der Waals surface area (Å²) in [6.07, 6.45) is 5.75. The first-order valence-electron chi connectivity index (χ1n) is 8.41. The summed E-state index contributed by atoms with van der Waals surface area (Å²) in [5.41, 5.74) is 6.15. The fraction of sp³-hybridized carbons (Fsp3) is 0.300. The van der Waals surface area contributed by atoms with Crippen LogP contribution >= 0.6 is 0 Å². The van der Waals surface area contributed by atoms with Crippen molar-refractivity contribution in [3.8, 4) is 5.75 Å². The van der Waals surface area contributed by atoms with Gasteiger partial charge in [0.1, 0.15) is 17.9 Å². The summed E-state index contributed by atoms with van der Waals surface area (Å²) in [4.78, 5) is 25.4. The Hall–Kier alpha value is -2.95. The summed E-state index contributed by atoms with van der Waals surface area (Å²) in [6, 6.07) is 5.39. The number of ether oxygens (including phenoxy) is 1. The fourth-order valence-electron chi connectivity index (χ4n) is 3.94. The molecule has 1 aromatic carbocycles. The van der Waals surface area contributed by atoms with Crippen molar-refractivity contribution in [3.05, 3.63) is 64.4 Å². The molecule has 3 aliphatic rings. The number of aliphatic hydroxyl groups is 1. The Morgan fingerprint density at radius 3 is 2.77 bits per heavy atom. The monoisotopic (exact) mass is 351 g/mol. The Bertz CT molecular complexity index is 957. The minimum atomic E-state index is -2.07. The number of rotatable bonds is 2. The quantitative estimate of drug-likeness (QED) is 0.698. The van der Waals surface area contributed by atoms with Gasteiger partial charge in [-0.3, -0.25) is 9.59 Å². The van der Waals surface area contributed by atoms with Crippen molar-refractivity contribution in [1.29, 1.82) is 0 Å². The van der Waals surface area contributed by atoms with Gasteiger partial charge in [0.05, 0.1) is 0 Å². The first-order valence-corrected chi connectivity index (χ1v) is 8.41. The van der Waals surface area contributed by atoms with Gasteiger partial charge in [-0.05, 0) is 17.5 Å². The zero-order valence-corrected chi connectivity index (χ0v) is 14.7. The molecular weight excluding hydrogens is 332 g/mol. The minimum absolute atomic E-state index is 0.151. The molecule has 2 atom stereocenters. The molecule has 0 bridgehead atoms. The van der Waals surface area contributed by atoms with Gasteiger partial charge < -0.3 is 20.9 Å². The standard InChI is InChI=1S/C20H18N2O4/c1-10(2)12-7-8-13-16(9-12)26-20(25)14-5-4-6-15(21)17(14)18(24)19(13,20)22-11(3)23/h5-10,25H,1-3H3,(H2-,21,22,23,24)/p+1/t19-,20-/m0/s1. The summed E-state index contributed by atoms with van der Waals surface area (Å²) >= 11 is 0. The zero-order chi connectivity index (χ0) is 18.9. The molecule has 1 aromatic rings. The van der Waals surface area contributed by atoms with Crippen LogP contribution in [0.4, 0.5) is 0 Å². The predicted molar refractivity (Wildman–Crippen MR) is 93.7 cm³/mol. The Kier molecular flexibility index (Phi) is 3.20. The van der Waals surface area contributed by atoms with E-state index in [9.17, 15) is 14.7 Å². The van der Waals surface area contributed by atoms with E-state index in [1.165, 1.54) is 19.1 Å². The largest absolute Gasteiger partial charge is 0.444 e. The molecule has 0 unspecified atom stereocenters. The molecule has 2 aliphatic carbocycles. The van der Waals surface area contributed by atoms with Gasteiger partial charge in [-0.2, -0.15) is 0 Å². The molecule has 4 rings (SSSR count). The number of fused-ring (bicyclic) bond motifs is 4. The number of hydrogen-bond acceptors (Lipinski definition) is 5. The summed E-state index contributed by atoms with van der Waals surface area (Å²) < 4.78 is 5.91. The molecule has 6 heteroatoms. The van der Waals surface area contributed by atoms with Gasteiger partial charge in [0.25, 0.3) is 0 Å². The van der Waals surface area contributed by atoms with Gasteiger partial charge in [0.2, 0.25) is 17.2 Å². The number of nitrogens with one attached hydrogen (secondary N) is 1. The lowest BCUT2D eigenvalue weighted by Crippen LogP contribution is -2.62. The van der Waals surface area contributed by atoms with Crippen molar-refractivity contribution >= 4 is 11.7 Å². The highest BCUT2D eigenvalue weighted by Gasteiger charge is 2.76. The number of allylic oxidation sites excluding steroid dienone is 3. The van der Waals surface area contributed by atoms with E-state index >= 15 is 0 Å². The van der Waals surface area contributed by atoms with E-state index in [0.29, 0.717) is 11.3 Å². The lowest BCUT2D eigenvalue weighted by atomic mass is 9.81. The molecule has 1 aliphatic heterocycles. The third kappa shape index (κ3) is 1.77. The number of carbonyl (C=O) groups excluding carboxylic acids is 2. The number of carbonyl (C=O) groups is 2. The third-order valence-corrected chi connectivity index (χ3v) is 5.16. The summed E-state index contributed by atoms with van der Waals surface area (Å²) in [5, 5.41) is 14.1. The maximum absolute atomic E-state index is 13.4. The van der Waals surface area contributed by atoms with Crippen molar-refractivity contribution < 1.29 is 19.4 Å². The van der Waals surface area contributed by atoms with Crippen LogP contribution in [0.3, 0.4) is 0 Å². The molecule has 0 spiro atoms. The van der Waals surface area contributed by atoms with Crippen molar-refractivity contribution in [3.63, 3.8) is 0 Å². The topological polar surface area (TPSA) is 102 Å². The second-order valence-corrected chi connectivity index (χ2v) is 7.12. The molecule has 0 aromatic heterocycles. The van der Waals surface area contributed by atoms with Crippen LogP contribution in [0.15, 0.2) is 47.2 Å². The average molecular weight is 351 g/mol. The lowest BCUT2D eigenvalue weighted by Gasteiger charge is -2.32. The molecule has 4 N–H and O–H groups in total. The second-order valence-electron chi connectivity index (χ2n) is 7.12. The molecule has 132 valence electrons. The number of ketones is 1. The highest BCUT2D eigenvalue weighted by molar-refractivity contribution is 6.14. The smallest absolute Gasteiger partial charge is 0.319 e. The third-order valence-electron chi connectivity index (χ3n) is 5.16. The van der Waals surface area contributed by atoms with Crippen molar-refractivity contribution in [2.45, 2.75) is 38.0 Å².